The van der Waals surface area contributed by atoms with E-state index in [0.29, 0.717) is 26.2 Å². The van der Waals surface area contributed by atoms with Crippen LogP contribution < -0.4 is 5.32 Å². The third-order valence-corrected chi connectivity index (χ3v) is 3.46. The molecule has 1 N–H and O–H groups in total. The number of rotatable bonds is 4. The molecule has 2 rings (SSSR count). The van der Waals surface area contributed by atoms with Gasteiger partial charge in [0.05, 0.1) is 19.8 Å². The van der Waals surface area contributed by atoms with E-state index in [4.69, 9.17) is 14.2 Å². The Morgan fingerprint density at radius 3 is 2.59 bits per heavy atom. The predicted molar refractivity (Wildman–Crippen MR) is 61.5 cm³/mol. The van der Waals surface area contributed by atoms with Crippen LogP contribution in [-0.4, -0.2) is 44.7 Å². The molecule has 1 spiro atoms. The Kier molecular flexibility index (Phi) is 4.36. The van der Waals surface area contributed by atoms with Gasteiger partial charge in [0.25, 0.3) is 0 Å². The molecule has 0 aromatic heterocycles. The lowest BCUT2D eigenvalue weighted by molar-refractivity contribution is -0.180. The first-order chi connectivity index (χ1) is 8.24. The van der Waals surface area contributed by atoms with Gasteiger partial charge in [-0.1, -0.05) is 0 Å². The minimum atomic E-state index is -0.340. The molecule has 1 aliphatic carbocycles. The van der Waals surface area contributed by atoms with Crippen LogP contribution in [0.2, 0.25) is 0 Å². The molecule has 0 radical (unpaired) electrons. The van der Waals surface area contributed by atoms with Crippen molar-refractivity contribution in [3.8, 4) is 0 Å². The van der Waals surface area contributed by atoms with E-state index in [0.717, 1.165) is 25.7 Å². The monoisotopic (exact) mass is 243 g/mol. The van der Waals surface area contributed by atoms with Crippen LogP contribution >= 0.6 is 0 Å². The minimum Gasteiger partial charge on any atom is -0.384 e. The Labute approximate surface area is 102 Å². The smallest absolute Gasteiger partial charge is 0.222 e. The fourth-order valence-electron chi connectivity index (χ4n) is 2.48. The summed E-state index contributed by atoms with van der Waals surface area (Å²) in [6, 6.07) is 0.262. The molecule has 0 unspecified atom stereocenters. The van der Waals surface area contributed by atoms with Crippen LogP contribution in [0.15, 0.2) is 0 Å². The van der Waals surface area contributed by atoms with Crippen LogP contribution in [0, 0.1) is 0 Å². The summed E-state index contributed by atoms with van der Waals surface area (Å²) in [6.07, 6.45) is 4.05. The van der Waals surface area contributed by atoms with Gasteiger partial charge in [0.2, 0.25) is 5.91 Å². The van der Waals surface area contributed by atoms with Gasteiger partial charge in [-0.3, -0.25) is 4.79 Å². The average molecular weight is 243 g/mol. The second kappa shape index (κ2) is 5.80. The van der Waals surface area contributed by atoms with Crippen molar-refractivity contribution in [3.05, 3.63) is 0 Å². The van der Waals surface area contributed by atoms with Gasteiger partial charge >= 0.3 is 0 Å². The van der Waals surface area contributed by atoms with Crippen molar-refractivity contribution in [2.75, 3.05) is 26.9 Å². The Morgan fingerprint density at radius 2 is 2.00 bits per heavy atom. The molecule has 98 valence electrons. The lowest BCUT2D eigenvalue weighted by Gasteiger charge is -2.35. The zero-order valence-electron chi connectivity index (χ0n) is 10.4. The van der Waals surface area contributed by atoms with Gasteiger partial charge in [0.1, 0.15) is 0 Å². The van der Waals surface area contributed by atoms with Crippen molar-refractivity contribution in [2.24, 2.45) is 0 Å². The molecule has 5 heteroatoms. The van der Waals surface area contributed by atoms with Crippen molar-refractivity contribution in [3.63, 3.8) is 0 Å². The third-order valence-electron chi connectivity index (χ3n) is 3.46. The highest BCUT2D eigenvalue weighted by atomic mass is 16.7. The maximum Gasteiger partial charge on any atom is 0.222 e. The number of methoxy groups -OCH3 is 1. The topological polar surface area (TPSA) is 56.8 Å². The molecular formula is C12H21NO4. The summed E-state index contributed by atoms with van der Waals surface area (Å²) < 4.78 is 16.2. The highest BCUT2D eigenvalue weighted by Crippen LogP contribution is 2.35. The van der Waals surface area contributed by atoms with E-state index in [-0.39, 0.29) is 17.7 Å². The predicted octanol–water partition coefficient (Wildman–Crippen LogP) is 0.825. The van der Waals surface area contributed by atoms with Crippen LogP contribution in [0.3, 0.4) is 0 Å². The lowest BCUT2D eigenvalue weighted by Crippen LogP contribution is -2.44. The first-order valence-corrected chi connectivity index (χ1v) is 6.30. The van der Waals surface area contributed by atoms with Crippen molar-refractivity contribution in [1.29, 1.82) is 0 Å². The summed E-state index contributed by atoms with van der Waals surface area (Å²) in [7, 11) is 1.60. The average Bonchev–Trinajstić information content (AvgIpc) is 2.79. The SMILES string of the molecule is COCCC(=O)NC1CCC2(CC1)OCCO2. The molecule has 1 heterocycles. The number of carbonyl (C=O) groups excluding carboxylic acids is 1. The molecule has 1 saturated carbocycles. The van der Waals surface area contributed by atoms with Crippen molar-refractivity contribution in [1.82, 2.24) is 5.32 Å². The summed E-state index contributed by atoms with van der Waals surface area (Å²) in [4.78, 5) is 11.5. The van der Waals surface area contributed by atoms with Crippen LogP contribution in [0.4, 0.5) is 0 Å². The zero-order chi connectivity index (χ0) is 12.1. The number of amides is 1. The second-order valence-electron chi connectivity index (χ2n) is 4.69. The fraction of sp³-hybridized carbons (Fsp3) is 0.917. The van der Waals surface area contributed by atoms with Crippen LogP contribution in [0.25, 0.3) is 0 Å². The number of hydrogen-bond acceptors (Lipinski definition) is 4. The van der Waals surface area contributed by atoms with Crippen molar-refractivity contribution >= 4 is 5.91 Å². The van der Waals surface area contributed by atoms with E-state index >= 15 is 0 Å². The first kappa shape index (κ1) is 12.8. The molecule has 1 amide bonds. The van der Waals surface area contributed by atoms with Gasteiger partial charge < -0.3 is 19.5 Å². The van der Waals surface area contributed by atoms with Crippen LogP contribution in [0.1, 0.15) is 32.1 Å². The molecule has 1 saturated heterocycles. The molecule has 1 aliphatic heterocycles. The van der Waals surface area contributed by atoms with Crippen molar-refractivity contribution in [2.45, 2.75) is 43.9 Å². The van der Waals surface area contributed by atoms with Gasteiger partial charge in [-0.05, 0) is 12.8 Å². The lowest BCUT2D eigenvalue weighted by atomic mass is 9.90. The van der Waals surface area contributed by atoms with Crippen molar-refractivity contribution < 1.29 is 19.0 Å². The van der Waals surface area contributed by atoms with Gasteiger partial charge in [-0.2, -0.15) is 0 Å². The van der Waals surface area contributed by atoms with E-state index in [1.54, 1.807) is 7.11 Å². The summed E-state index contributed by atoms with van der Waals surface area (Å²) in [5.41, 5.74) is 0. The molecule has 0 atom stereocenters. The highest BCUT2D eigenvalue weighted by molar-refractivity contribution is 5.76. The minimum absolute atomic E-state index is 0.0704. The van der Waals surface area contributed by atoms with Crippen LogP contribution in [0.5, 0.6) is 0 Å². The van der Waals surface area contributed by atoms with Crippen LogP contribution in [-0.2, 0) is 19.0 Å². The maximum atomic E-state index is 11.5. The highest BCUT2D eigenvalue weighted by Gasteiger charge is 2.40. The third kappa shape index (κ3) is 3.40. The molecule has 17 heavy (non-hydrogen) atoms. The van der Waals surface area contributed by atoms with Gasteiger partial charge in [-0.15, -0.1) is 0 Å². The summed E-state index contributed by atoms with van der Waals surface area (Å²) >= 11 is 0. The van der Waals surface area contributed by atoms with E-state index in [9.17, 15) is 4.79 Å². The molecular weight excluding hydrogens is 222 g/mol. The molecule has 0 aromatic rings. The summed E-state index contributed by atoms with van der Waals surface area (Å²) in [5, 5.41) is 3.03. The normalized spacial score (nSPS) is 24.1. The molecule has 0 aromatic carbocycles. The molecule has 5 nitrogen and oxygen atoms in total. The van der Waals surface area contributed by atoms with E-state index < -0.39 is 0 Å². The second-order valence-corrected chi connectivity index (χ2v) is 4.69. The standard InChI is InChI=1S/C12H21NO4/c1-15-7-4-11(14)13-10-2-5-12(6-3-10)16-8-9-17-12/h10H,2-9H2,1H3,(H,13,14). The molecule has 0 bridgehead atoms. The summed E-state index contributed by atoms with van der Waals surface area (Å²) in [6.45, 7) is 1.88. The molecule has 2 aliphatic rings. The number of ether oxygens (including phenoxy) is 3. The van der Waals surface area contributed by atoms with E-state index in [1.807, 2.05) is 0 Å². The Bertz CT molecular complexity index is 253. The fourth-order valence-corrected chi connectivity index (χ4v) is 2.48. The Morgan fingerprint density at radius 1 is 1.35 bits per heavy atom. The number of nitrogens with one attached hydrogen (secondary N) is 1. The van der Waals surface area contributed by atoms with Gasteiger partial charge in [0.15, 0.2) is 5.79 Å². The largest absolute Gasteiger partial charge is 0.384 e. The van der Waals surface area contributed by atoms with Gasteiger partial charge in [-0.25, -0.2) is 0 Å². The summed E-state index contributed by atoms with van der Waals surface area (Å²) in [5.74, 6) is -0.269. The van der Waals surface area contributed by atoms with E-state index in [2.05, 4.69) is 5.32 Å². The van der Waals surface area contributed by atoms with Gasteiger partial charge in [0, 0.05) is 32.4 Å². The Balaban J connectivity index is 1.70. The molecule has 2 fully saturated rings. The zero-order valence-corrected chi connectivity index (χ0v) is 10.4. The Hall–Kier alpha value is -0.650. The first-order valence-electron chi connectivity index (χ1n) is 6.30. The maximum absolute atomic E-state index is 11.5. The quantitative estimate of drug-likeness (QED) is 0.794. The number of hydrogen-bond donors (Lipinski definition) is 1. The van der Waals surface area contributed by atoms with E-state index in [1.165, 1.54) is 0 Å². The number of carbonyl (C=O) groups is 1.